The van der Waals surface area contributed by atoms with E-state index in [4.69, 9.17) is 22.1 Å². The van der Waals surface area contributed by atoms with Crippen LogP contribution >= 0.6 is 11.6 Å². The Kier molecular flexibility index (Phi) is 3.92. The van der Waals surface area contributed by atoms with Gasteiger partial charge in [-0.1, -0.05) is 12.1 Å². The fraction of sp³-hybridized carbons (Fsp3) is 0.235. The molecule has 3 heterocycles. The number of anilines is 2. The molecule has 0 radical (unpaired) electrons. The highest BCUT2D eigenvalue weighted by atomic mass is 35.5. The first-order chi connectivity index (χ1) is 11.7. The Balaban J connectivity index is 1.82. The summed E-state index contributed by atoms with van der Waals surface area (Å²) in [5, 5.41) is 0.218. The predicted octanol–water partition coefficient (Wildman–Crippen LogP) is 2.76. The van der Waals surface area contributed by atoms with Crippen molar-refractivity contribution >= 4 is 34.1 Å². The second-order valence-electron chi connectivity index (χ2n) is 5.63. The van der Waals surface area contributed by atoms with Crippen LogP contribution in [0.5, 0.6) is 0 Å². The van der Waals surface area contributed by atoms with E-state index in [0.29, 0.717) is 18.9 Å². The van der Waals surface area contributed by atoms with Crippen LogP contribution in [0.3, 0.4) is 0 Å². The molecule has 7 heteroatoms. The maximum atomic E-state index is 6.14. The first-order valence-corrected chi connectivity index (χ1v) is 8.10. The summed E-state index contributed by atoms with van der Waals surface area (Å²) in [5.74, 6) is 0.757. The third-order valence-corrected chi connectivity index (χ3v) is 4.19. The van der Waals surface area contributed by atoms with E-state index in [1.165, 1.54) is 0 Å². The van der Waals surface area contributed by atoms with Crippen molar-refractivity contribution in [3.8, 4) is 11.1 Å². The molecule has 1 aliphatic heterocycles. The van der Waals surface area contributed by atoms with E-state index < -0.39 is 0 Å². The Morgan fingerprint density at radius 2 is 1.92 bits per heavy atom. The normalized spacial score (nSPS) is 15.0. The Morgan fingerprint density at radius 1 is 1.08 bits per heavy atom. The molecule has 0 saturated carbocycles. The Bertz CT molecular complexity index is 895. The molecule has 1 aromatic carbocycles. The second kappa shape index (κ2) is 6.22. The number of nitrogens with zero attached hydrogens (tertiary/aromatic N) is 4. The number of hydrogen-bond donors (Lipinski definition) is 1. The van der Waals surface area contributed by atoms with Gasteiger partial charge in [0.15, 0.2) is 5.82 Å². The fourth-order valence-corrected chi connectivity index (χ4v) is 3.02. The van der Waals surface area contributed by atoms with Gasteiger partial charge in [0.05, 0.1) is 18.7 Å². The van der Waals surface area contributed by atoms with Crippen LogP contribution < -0.4 is 10.6 Å². The van der Waals surface area contributed by atoms with Gasteiger partial charge in [-0.3, -0.25) is 4.98 Å². The lowest BCUT2D eigenvalue weighted by Crippen LogP contribution is -2.37. The average Bonchev–Trinajstić information content (AvgIpc) is 2.61. The van der Waals surface area contributed by atoms with Crippen LogP contribution in [0.15, 0.2) is 36.5 Å². The van der Waals surface area contributed by atoms with Crippen LogP contribution in [0, 0.1) is 0 Å². The summed E-state index contributed by atoms with van der Waals surface area (Å²) in [7, 11) is 0. The molecule has 1 aliphatic rings. The molecule has 0 spiro atoms. The van der Waals surface area contributed by atoms with Gasteiger partial charge in [0.2, 0.25) is 5.28 Å². The zero-order valence-corrected chi connectivity index (χ0v) is 13.7. The Labute approximate surface area is 144 Å². The third-order valence-electron chi connectivity index (χ3n) is 4.02. The van der Waals surface area contributed by atoms with Crippen molar-refractivity contribution in [2.45, 2.75) is 0 Å². The van der Waals surface area contributed by atoms with Crippen LogP contribution in [-0.4, -0.2) is 41.3 Å². The highest BCUT2D eigenvalue weighted by Crippen LogP contribution is 2.28. The predicted molar refractivity (Wildman–Crippen MR) is 95.2 cm³/mol. The van der Waals surface area contributed by atoms with E-state index in [9.17, 15) is 0 Å². The summed E-state index contributed by atoms with van der Waals surface area (Å²) >= 11 is 6.14. The number of fused-ring (bicyclic) bond motifs is 1. The average molecular weight is 342 g/mol. The molecule has 24 heavy (non-hydrogen) atoms. The molecule has 1 fully saturated rings. The molecule has 4 rings (SSSR count). The SMILES string of the molecule is Nc1cccc(-c2cnc3c(N4CCOCC4)nc(Cl)nc3c2)c1. The van der Waals surface area contributed by atoms with Crippen molar-refractivity contribution in [1.29, 1.82) is 0 Å². The summed E-state index contributed by atoms with van der Waals surface area (Å²) < 4.78 is 5.40. The number of rotatable bonds is 2. The number of nitrogens with two attached hydrogens (primary N) is 1. The monoisotopic (exact) mass is 341 g/mol. The van der Waals surface area contributed by atoms with Gasteiger partial charge in [-0.15, -0.1) is 0 Å². The lowest BCUT2D eigenvalue weighted by molar-refractivity contribution is 0.122. The van der Waals surface area contributed by atoms with Gasteiger partial charge in [-0.25, -0.2) is 4.98 Å². The Morgan fingerprint density at radius 3 is 2.71 bits per heavy atom. The zero-order valence-electron chi connectivity index (χ0n) is 12.9. The fourth-order valence-electron chi connectivity index (χ4n) is 2.85. The van der Waals surface area contributed by atoms with Gasteiger partial charge in [-0.05, 0) is 35.4 Å². The van der Waals surface area contributed by atoms with Crippen LogP contribution in [0.4, 0.5) is 11.5 Å². The number of halogens is 1. The van der Waals surface area contributed by atoms with Gasteiger partial charge < -0.3 is 15.4 Å². The molecule has 0 aliphatic carbocycles. The van der Waals surface area contributed by atoms with Crippen LogP contribution in [0.1, 0.15) is 0 Å². The van der Waals surface area contributed by atoms with Crippen molar-refractivity contribution in [3.63, 3.8) is 0 Å². The summed E-state index contributed by atoms with van der Waals surface area (Å²) in [6.07, 6.45) is 1.82. The van der Waals surface area contributed by atoms with Gasteiger partial charge in [0, 0.05) is 30.5 Å². The number of aromatic nitrogens is 3. The highest BCUT2D eigenvalue weighted by Gasteiger charge is 2.18. The molecule has 0 amide bonds. The summed E-state index contributed by atoms with van der Waals surface area (Å²) in [4.78, 5) is 15.5. The minimum absolute atomic E-state index is 0.218. The highest BCUT2D eigenvalue weighted by molar-refractivity contribution is 6.28. The lowest BCUT2D eigenvalue weighted by atomic mass is 10.1. The van der Waals surface area contributed by atoms with Crippen molar-refractivity contribution in [2.24, 2.45) is 0 Å². The number of pyridine rings is 1. The van der Waals surface area contributed by atoms with Gasteiger partial charge >= 0.3 is 0 Å². The van der Waals surface area contributed by atoms with E-state index in [1.54, 1.807) is 0 Å². The minimum atomic E-state index is 0.218. The van der Waals surface area contributed by atoms with E-state index in [0.717, 1.165) is 41.1 Å². The molecule has 0 bridgehead atoms. The van der Waals surface area contributed by atoms with Gasteiger partial charge in [-0.2, -0.15) is 4.98 Å². The smallest absolute Gasteiger partial charge is 0.225 e. The number of ether oxygens (including phenoxy) is 1. The zero-order chi connectivity index (χ0) is 16.5. The first kappa shape index (κ1) is 15.1. The van der Waals surface area contributed by atoms with E-state index >= 15 is 0 Å². The van der Waals surface area contributed by atoms with Crippen molar-refractivity contribution in [2.75, 3.05) is 36.9 Å². The van der Waals surface area contributed by atoms with E-state index in [-0.39, 0.29) is 5.28 Å². The lowest BCUT2D eigenvalue weighted by Gasteiger charge is -2.28. The minimum Gasteiger partial charge on any atom is -0.399 e. The van der Waals surface area contributed by atoms with Crippen LogP contribution in [-0.2, 0) is 4.74 Å². The molecule has 2 aromatic heterocycles. The van der Waals surface area contributed by atoms with Crippen molar-refractivity contribution in [3.05, 3.63) is 41.8 Å². The first-order valence-electron chi connectivity index (χ1n) is 7.72. The standard InChI is InChI=1S/C17H16ClN5O/c18-17-21-14-9-12(11-2-1-3-13(19)8-11)10-20-15(14)16(22-17)23-4-6-24-7-5-23/h1-3,8-10H,4-7,19H2. The van der Waals surface area contributed by atoms with E-state index in [2.05, 4.69) is 19.9 Å². The van der Waals surface area contributed by atoms with E-state index in [1.807, 2.05) is 36.5 Å². The molecule has 0 unspecified atom stereocenters. The van der Waals surface area contributed by atoms with Crippen LogP contribution in [0.2, 0.25) is 5.28 Å². The maximum absolute atomic E-state index is 6.14. The third kappa shape index (κ3) is 2.86. The molecule has 3 aromatic rings. The Hall–Kier alpha value is -2.44. The molecule has 2 N–H and O–H groups in total. The number of morpholine rings is 1. The summed E-state index contributed by atoms with van der Waals surface area (Å²) in [5.41, 5.74) is 9.98. The molecule has 0 atom stereocenters. The van der Waals surface area contributed by atoms with Gasteiger partial charge in [0.1, 0.15) is 5.52 Å². The summed E-state index contributed by atoms with van der Waals surface area (Å²) in [6.45, 7) is 2.87. The summed E-state index contributed by atoms with van der Waals surface area (Å²) in [6, 6.07) is 9.64. The quantitative estimate of drug-likeness (QED) is 0.570. The largest absolute Gasteiger partial charge is 0.399 e. The molecular formula is C17H16ClN5O. The molecule has 6 nitrogen and oxygen atoms in total. The van der Waals surface area contributed by atoms with Crippen LogP contribution in [0.25, 0.3) is 22.2 Å². The molecule has 1 saturated heterocycles. The second-order valence-corrected chi connectivity index (χ2v) is 5.97. The number of nitrogen functional groups attached to an aromatic ring is 1. The molecule has 122 valence electrons. The number of hydrogen-bond acceptors (Lipinski definition) is 6. The van der Waals surface area contributed by atoms with Crippen molar-refractivity contribution < 1.29 is 4.74 Å². The van der Waals surface area contributed by atoms with Crippen molar-refractivity contribution in [1.82, 2.24) is 15.0 Å². The van der Waals surface area contributed by atoms with Gasteiger partial charge in [0.25, 0.3) is 0 Å². The molecular weight excluding hydrogens is 326 g/mol. The maximum Gasteiger partial charge on any atom is 0.225 e. The topological polar surface area (TPSA) is 77.2 Å². The number of benzene rings is 1.